The highest BCUT2D eigenvalue weighted by molar-refractivity contribution is 6.30. The van der Waals surface area contributed by atoms with Crippen molar-refractivity contribution in [1.82, 2.24) is 4.90 Å². The summed E-state index contributed by atoms with van der Waals surface area (Å²) in [5, 5.41) is 0.0720. The van der Waals surface area contributed by atoms with Crippen molar-refractivity contribution in [2.45, 2.75) is 38.3 Å². The standard InChI is InChI=1S/C24H24ClF4NO2/c25-20-7-4-18(14-21(20)26)17-2-5-19(6-3-17)32-15-16-8-12-30(13-9-16)22(31)23(10-1-11-23)24(27,28)29/h2-7,14,16H,1,8-13,15H2. The molecular formula is C24H24ClF4NO2. The van der Waals surface area contributed by atoms with Gasteiger partial charge in [0.25, 0.3) is 0 Å². The Kier molecular flexibility index (Phi) is 6.39. The van der Waals surface area contributed by atoms with Gasteiger partial charge in [-0.05, 0) is 67.0 Å². The first kappa shape index (κ1) is 22.9. The second-order valence-corrected chi connectivity index (χ2v) is 9.04. The first-order valence-electron chi connectivity index (χ1n) is 10.7. The predicted molar refractivity (Wildman–Crippen MR) is 114 cm³/mol. The SMILES string of the molecule is O=C(N1CCC(COc2ccc(-c3ccc(Cl)c(F)c3)cc2)CC1)C1(C(F)(F)F)CCC1. The predicted octanol–water partition coefficient (Wildman–Crippen LogP) is 6.50. The minimum atomic E-state index is -4.48. The molecule has 1 amide bonds. The van der Waals surface area contributed by atoms with Crippen LogP contribution in [0.2, 0.25) is 5.02 Å². The van der Waals surface area contributed by atoms with E-state index in [4.69, 9.17) is 16.3 Å². The summed E-state index contributed by atoms with van der Waals surface area (Å²) in [6, 6.07) is 11.9. The Hall–Kier alpha value is -2.28. The highest BCUT2D eigenvalue weighted by Gasteiger charge is 2.64. The van der Waals surface area contributed by atoms with E-state index in [1.165, 1.54) is 17.0 Å². The molecule has 2 aromatic rings. The molecule has 0 spiro atoms. The van der Waals surface area contributed by atoms with E-state index in [2.05, 4.69) is 0 Å². The molecule has 2 aliphatic rings. The van der Waals surface area contributed by atoms with Gasteiger partial charge < -0.3 is 9.64 Å². The zero-order valence-corrected chi connectivity index (χ0v) is 18.2. The summed E-state index contributed by atoms with van der Waals surface area (Å²) >= 11 is 5.72. The third-order valence-electron chi connectivity index (χ3n) is 6.65. The zero-order chi connectivity index (χ0) is 22.9. The fourth-order valence-electron chi connectivity index (χ4n) is 4.39. The van der Waals surface area contributed by atoms with Gasteiger partial charge in [0.05, 0.1) is 11.6 Å². The van der Waals surface area contributed by atoms with Gasteiger partial charge in [-0.2, -0.15) is 13.2 Å². The van der Waals surface area contributed by atoms with Gasteiger partial charge in [0.2, 0.25) is 5.91 Å². The van der Waals surface area contributed by atoms with E-state index in [0.717, 1.165) is 5.56 Å². The molecule has 172 valence electrons. The largest absolute Gasteiger partial charge is 0.493 e. The Morgan fingerprint density at radius 1 is 1.06 bits per heavy atom. The van der Waals surface area contributed by atoms with E-state index in [9.17, 15) is 22.4 Å². The summed E-state index contributed by atoms with van der Waals surface area (Å²) in [5.41, 5.74) is -0.627. The van der Waals surface area contributed by atoms with Gasteiger partial charge >= 0.3 is 6.18 Å². The van der Waals surface area contributed by atoms with Gasteiger partial charge in [-0.15, -0.1) is 0 Å². The van der Waals surface area contributed by atoms with Crippen molar-refractivity contribution in [2.75, 3.05) is 19.7 Å². The quantitative estimate of drug-likeness (QED) is 0.468. The Labute approximate surface area is 189 Å². The van der Waals surface area contributed by atoms with Crippen LogP contribution in [0.15, 0.2) is 42.5 Å². The summed E-state index contributed by atoms with van der Waals surface area (Å²) in [7, 11) is 0. The molecule has 1 heterocycles. The number of hydrogen-bond donors (Lipinski definition) is 0. The molecule has 1 saturated carbocycles. The van der Waals surface area contributed by atoms with Crippen molar-refractivity contribution in [1.29, 1.82) is 0 Å². The fraction of sp³-hybridized carbons (Fsp3) is 0.458. The highest BCUT2D eigenvalue weighted by Crippen LogP contribution is 2.54. The molecule has 3 nitrogen and oxygen atoms in total. The third-order valence-corrected chi connectivity index (χ3v) is 6.96. The number of carbonyl (C=O) groups is 1. The molecule has 0 unspecified atom stereocenters. The van der Waals surface area contributed by atoms with Crippen LogP contribution in [0.4, 0.5) is 17.6 Å². The van der Waals surface area contributed by atoms with Crippen molar-refractivity contribution in [3.63, 3.8) is 0 Å². The number of nitrogens with zero attached hydrogens (tertiary/aromatic N) is 1. The summed E-state index contributed by atoms with van der Waals surface area (Å²) in [6.07, 6.45) is -3.01. The maximum atomic E-state index is 13.7. The third kappa shape index (κ3) is 4.45. The monoisotopic (exact) mass is 469 g/mol. The summed E-state index contributed by atoms with van der Waals surface area (Å²) in [5.74, 6) is -0.405. The normalized spacial score (nSPS) is 18.8. The number of carbonyl (C=O) groups excluding carboxylic acids is 1. The van der Waals surface area contributed by atoms with Gasteiger partial charge in [0.15, 0.2) is 0 Å². The minimum Gasteiger partial charge on any atom is -0.493 e. The van der Waals surface area contributed by atoms with Crippen LogP contribution in [-0.4, -0.2) is 36.7 Å². The zero-order valence-electron chi connectivity index (χ0n) is 17.4. The summed E-state index contributed by atoms with van der Waals surface area (Å²) in [6.45, 7) is 1.08. The lowest BCUT2D eigenvalue weighted by molar-refractivity contribution is -0.249. The molecule has 1 saturated heterocycles. The molecule has 2 aromatic carbocycles. The maximum absolute atomic E-state index is 13.7. The fourth-order valence-corrected chi connectivity index (χ4v) is 4.51. The molecule has 0 aromatic heterocycles. The van der Waals surface area contributed by atoms with Gasteiger partial charge in [0.1, 0.15) is 17.0 Å². The van der Waals surface area contributed by atoms with Crippen molar-refractivity contribution >= 4 is 17.5 Å². The van der Waals surface area contributed by atoms with Crippen LogP contribution in [0.1, 0.15) is 32.1 Å². The molecule has 2 fully saturated rings. The molecule has 0 bridgehead atoms. The molecule has 8 heteroatoms. The number of piperidine rings is 1. The molecule has 0 N–H and O–H groups in total. The van der Waals surface area contributed by atoms with Crippen molar-refractivity contribution in [3.05, 3.63) is 53.3 Å². The van der Waals surface area contributed by atoms with Crippen molar-refractivity contribution < 1.29 is 27.1 Å². The molecule has 0 radical (unpaired) electrons. The summed E-state index contributed by atoms with van der Waals surface area (Å²) < 4.78 is 59.8. The van der Waals surface area contributed by atoms with Crippen LogP contribution in [0.5, 0.6) is 5.75 Å². The Morgan fingerprint density at radius 2 is 1.69 bits per heavy atom. The van der Waals surface area contributed by atoms with E-state index in [0.29, 0.717) is 50.3 Å². The number of alkyl halides is 3. The Morgan fingerprint density at radius 3 is 2.22 bits per heavy atom. The van der Waals surface area contributed by atoms with E-state index < -0.39 is 23.3 Å². The lowest BCUT2D eigenvalue weighted by Gasteiger charge is -2.45. The minimum absolute atomic E-state index is 0.0720. The molecular weight excluding hydrogens is 446 g/mol. The van der Waals surface area contributed by atoms with Crippen molar-refractivity contribution in [2.24, 2.45) is 11.3 Å². The topological polar surface area (TPSA) is 29.5 Å². The number of halogens is 5. The van der Waals surface area contributed by atoms with Gasteiger partial charge in [-0.25, -0.2) is 4.39 Å². The number of amides is 1. The number of benzene rings is 2. The van der Waals surface area contributed by atoms with Gasteiger partial charge in [-0.1, -0.05) is 36.2 Å². The first-order chi connectivity index (χ1) is 15.2. The van der Waals surface area contributed by atoms with Crippen LogP contribution >= 0.6 is 11.6 Å². The highest BCUT2D eigenvalue weighted by atomic mass is 35.5. The summed E-state index contributed by atoms with van der Waals surface area (Å²) in [4.78, 5) is 13.9. The molecule has 1 aliphatic heterocycles. The van der Waals surface area contributed by atoms with Crippen LogP contribution in [0.25, 0.3) is 11.1 Å². The van der Waals surface area contributed by atoms with E-state index >= 15 is 0 Å². The lowest BCUT2D eigenvalue weighted by atomic mass is 9.67. The number of ether oxygens (including phenoxy) is 1. The van der Waals surface area contributed by atoms with Gasteiger partial charge in [-0.3, -0.25) is 4.79 Å². The van der Waals surface area contributed by atoms with Crippen LogP contribution in [0, 0.1) is 17.2 Å². The second kappa shape index (κ2) is 8.93. The first-order valence-corrected chi connectivity index (χ1v) is 11.1. The average molecular weight is 470 g/mol. The van der Waals surface area contributed by atoms with E-state index in [1.807, 2.05) is 12.1 Å². The molecule has 1 aliphatic carbocycles. The maximum Gasteiger partial charge on any atom is 0.403 e. The second-order valence-electron chi connectivity index (χ2n) is 8.63. The van der Waals surface area contributed by atoms with Crippen LogP contribution in [-0.2, 0) is 4.79 Å². The van der Waals surface area contributed by atoms with Gasteiger partial charge in [0, 0.05) is 13.1 Å². The van der Waals surface area contributed by atoms with E-state index in [-0.39, 0.29) is 23.8 Å². The Balaban J connectivity index is 1.28. The van der Waals surface area contributed by atoms with E-state index in [1.54, 1.807) is 18.2 Å². The van der Waals surface area contributed by atoms with Crippen LogP contribution in [0.3, 0.4) is 0 Å². The molecule has 4 rings (SSSR count). The molecule has 0 atom stereocenters. The lowest BCUT2D eigenvalue weighted by Crippen LogP contribution is -2.57. The smallest absolute Gasteiger partial charge is 0.403 e. The Bertz CT molecular complexity index is 965. The van der Waals surface area contributed by atoms with Crippen LogP contribution < -0.4 is 4.74 Å². The number of rotatable bonds is 5. The number of hydrogen-bond acceptors (Lipinski definition) is 2. The average Bonchev–Trinajstić information content (AvgIpc) is 2.73. The number of likely N-dealkylation sites (tertiary alicyclic amines) is 1. The molecule has 32 heavy (non-hydrogen) atoms. The van der Waals surface area contributed by atoms with Crippen molar-refractivity contribution in [3.8, 4) is 16.9 Å².